The number of piperidine rings is 1. The predicted octanol–water partition coefficient (Wildman–Crippen LogP) is 8.78. The van der Waals surface area contributed by atoms with Crippen LogP contribution in [0.4, 0.5) is 11.4 Å². The number of anilines is 2. The van der Waals surface area contributed by atoms with Crippen molar-refractivity contribution in [2.24, 2.45) is 0 Å². The molecule has 2 N–H and O–H groups in total. The Balaban J connectivity index is 1.33. The molecule has 2 fully saturated rings. The summed E-state index contributed by atoms with van der Waals surface area (Å²) in [5.41, 5.74) is 4.79. The fourth-order valence-corrected chi connectivity index (χ4v) is 7.16. The maximum Gasteiger partial charge on any atom is 0.109 e. The molecule has 0 amide bonds. The summed E-state index contributed by atoms with van der Waals surface area (Å²) in [6.45, 7) is 8.89. The molecular formula is C35H42Cl2N8. The zero-order valence-electron chi connectivity index (χ0n) is 26.4. The highest BCUT2D eigenvalue weighted by Crippen LogP contribution is 2.37. The fourth-order valence-electron chi connectivity index (χ4n) is 6.76. The Labute approximate surface area is 276 Å². The number of nitriles is 1. The lowest BCUT2D eigenvalue weighted by molar-refractivity contribution is 0.0866. The molecule has 1 atom stereocenters. The molecular weight excluding hydrogens is 603 g/mol. The van der Waals surface area contributed by atoms with Crippen LogP contribution >= 0.6 is 23.2 Å². The van der Waals surface area contributed by atoms with E-state index in [9.17, 15) is 5.26 Å². The van der Waals surface area contributed by atoms with E-state index in [1.807, 2.05) is 41.1 Å². The van der Waals surface area contributed by atoms with Crippen LogP contribution in [0.2, 0.25) is 10.0 Å². The molecule has 2 aromatic heterocycles. The number of aromatic nitrogens is 4. The summed E-state index contributed by atoms with van der Waals surface area (Å²) >= 11 is 13.2. The molecule has 0 unspecified atom stereocenters. The van der Waals surface area contributed by atoms with E-state index in [-0.39, 0.29) is 11.6 Å². The van der Waals surface area contributed by atoms with Crippen LogP contribution in [0.5, 0.6) is 0 Å². The summed E-state index contributed by atoms with van der Waals surface area (Å²) in [4.78, 5) is 7.12. The Hall–Kier alpha value is -3.38. The van der Waals surface area contributed by atoms with E-state index < -0.39 is 0 Å². The average molecular weight is 646 g/mol. The molecule has 1 saturated carbocycles. The SMILES string of the molecule is CC(C)(C)N1CCC(n2cc([C@@H](Nc3cc(Cl)c4ncc(C#N)c(NC5CCCCCC5)c4c3)c3ccc(Cl)cc3)nn2)CC1. The van der Waals surface area contributed by atoms with Crippen LogP contribution in [0.1, 0.15) is 101 Å². The van der Waals surface area contributed by atoms with Gasteiger partial charge in [0.2, 0.25) is 0 Å². The molecule has 4 aromatic rings. The monoisotopic (exact) mass is 644 g/mol. The van der Waals surface area contributed by atoms with Crippen LogP contribution in [0.15, 0.2) is 48.8 Å². The second-order valence-corrected chi connectivity index (χ2v) is 14.3. The van der Waals surface area contributed by atoms with E-state index >= 15 is 0 Å². The Morgan fingerprint density at radius 3 is 2.36 bits per heavy atom. The summed E-state index contributed by atoms with van der Waals surface area (Å²) in [6, 6.07) is 14.4. The first-order valence-corrected chi connectivity index (χ1v) is 16.9. The van der Waals surface area contributed by atoms with E-state index in [1.54, 1.807) is 6.20 Å². The maximum absolute atomic E-state index is 10.0. The minimum absolute atomic E-state index is 0.165. The standard InChI is InChI=1S/C35H42Cl2N8/c1-35(2,3)44-16-14-28(15-17-44)45-22-31(42-43-45)33(23-10-12-25(36)13-11-23)41-27-18-29-32(40-26-8-6-4-5-7-9-26)24(20-38)21-39-34(29)30(37)19-27/h10-13,18-19,21-22,26,28,33,41H,4-9,14-17H2,1-3H3,(H,39,40)/t33-/m0/s1. The van der Waals surface area contributed by atoms with Gasteiger partial charge in [-0.3, -0.25) is 9.88 Å². The molecule has 8 nitrogen and oxygen atoms in total. The predicted molar refractivity (Wildman–Crippen MR) is 183 cm³/mol. The van der Waals surface area contributed by atoms with Gasteiger partial charge in [0.05, 0.1) is 40.1 Å². The number of nitrogens with zero attached hydrogens (tertiary/aromatic N) is 6. The van der Waals surface area contributed by atoms with Crippen LogP contribution in [0.3, 0.4) is 0 Å². The van der Waals surface area contributed by atoms with Gasteiger partial charge < -0.3 is 10.6 Å². The van der Waals surface area contributed by atoms with E-state index in [0.717, 1.165) is 66.8 Å². The third-order valence-corrected chi connectivity index (χ3v) is 9.91. The molecule has 1 aliphatic heterocycles. The zero-order chi connectivity index (χ0) is 31.6. The minimum Gasteiger partial charge on any atom is -0.381 e. The lowest BCUT2D eigenvalue weighted by Crippen LogP contribution is -2.46. The number of fused-ring (bicyclic) bond motifs is 1. The van der Waals surface area contributed by atoms with Gasteiger partial charge in [0, 0.05) is 47.0 Å². The van der Waals surface area contributed by atoms with Crippen molar-refractivity contribution in [3.05, 3.63) is 75.7 Å². The van der Waals surface area contributed by atoms with Gasteiger partial charge >= 0.3 is 0 Å². The highest BCUT2D eigenvalue weighted by atomic mass is 35.5. The van der Waals surface area contributed by atoms with Gasteiger partial charge in [0.25, 0.3) is 0 Å². The molecule has 45 heavy (non-hydrogen) atoms. The third-order valence-electron chi connectivity index (χ3n) is 9.37. The van der Waals surface area contributed by atoms with Crippen molar-refractivity contribution in [1.82, 2.24) is 24.9 Å². The van der Waals surface area contributed by atoms with Crippen LogP contribution in [-0.4, -0.2) is 49.5 Å². The lowest BCUT2D eigenvalue weighted by atomic mass is 9.98. The molecule has 10 heteroatoms. The molecule has 0 bridgehead atoms. The number of nitrogens with one attached hydrogen (secondary N) is 2. The smallest absolute Gasteiger partial charge is 0.109 e. The summed E-state index contributed by atoms with van der Waals surface area (Å²) in [6.07, 6.45) is 12.8. The normalized spacial score (nSPS) is 18.0. The lowest BCUT2D eigenvalue weighted by Gasteiger charge is -2.40. The van der Waals surface area contributed by atoms with Crippen molar-refractivity contribution >= 4 is 45.5 Å². The molecule has 3 heterocycles. The molecule has 0 radical (unpaired) electrons. The van der Waals surface area contributed by atoms with Gasteiger partial charge in [-0.05, 0) is 76.3 Å². The molecule has 6 rings (SSSR count). The van der Waals surface area contributed by atoms with Crippen molar-refractivity contribution in [2.75, 3.05) is 23.7 Å². The van der Waals surface area contributed by atoms with Crippen LogP contribution in [-0.2, 0) is 0 Å². The Morgan fingerprint density at radius 1 is 0.978 bits per heavy atom. The van der Waals surface area contributed by atoms with E-state index in [2.05, 4.69) is 63.9 Å². The molecule has 2 aliphatic rings. The van der Waals surface area contributed by atoms with Gasteiger partial charge in [-0.2, -0.15) is 5.26 Å². The summed E-state index contributed by atoms with van der Waals surface area (Å²) in [7, 11) is 0. The first-order valence-electron chi connectivity index (χ1n) is 16.2. The topological polar surface area (TPSA) is 94.7 Å². The van der Waals surface area contributed by atoms with Gasteiger partial charge in [0.1, 0.15) is 11.8 Å². The fraction of sp³-hybridized carbons (Fsp3) is 0.486. The second kappa shape index (κ2) is 13.5. The number of benzene rings is 2. The van der Waals surface area contributed by atoms with Crippen molar-refractivity contribution in [2.45, 2.75) is 95.8 Å². The van der Waals surface area contributed by atoms with Crippen LogP contribution in [0.25, 0.3) is 10.9 Å². The van der Waals surface area contributed by atoms with E-state index in [4.69, 9.17) is 23.2 Å². The number of rotatable bonds is 7. The molecule has 2 aromatic carbocycles. The van der Waals surface area contributed by atoms with Gasteiger partial charge in [0.15, 0.2) is 0 Å². The number of pyridine rings is 1. The first kappa shape index (κ1) is 31.6. The largest absolute Gasteiger partial charge is 0.381 e. The van der Waals surface area contributed by atoms with Gasteiger partial charge in [-0.25, -0.2) is 4.68 Å². The highest BCUT2D eigenvalue weighted by molar-refractivity contribution is 6.36. The third kappa shape index (κ3) is 7.22. The molecule has 236 valence electrons. The highest BCUT2D eigenvalue weighted by Gasteiger charge is 2.29. The molecule has 1 saturated heterocycles. The summed E-state index contributed by atoms with van der Waals surface area (Å²) in [5.74, 6) is 0. The second-order valence-electron chi connectivity index (χ2n) is 13.5. The van der Waals surface area contributed by atoms with E-state index in [0.29, 0.717) is 33.2 Å². The van der Waals surface area contributed by atoms with Gasteiger partial charge in [-0.1, -0.05) is 66.2 Å². The summed E-state index contributed by atoms with van der Waals surface area (Å²) in [5, 5.41) is 28.7. The van der Waals surface area contributed by atoms with Crippen LogP contribution < -0.4 is 10.6 Å². The zero-order valence-corrected chi connectivity index (χ0v) is 27.9. The molecule has 0 spiro atoms. The number of hydrogen-bond acceptors (Lipinski definition) is 7. The average Bonchev–Trinajstić information content (AvgIpc) is 3.37. The number of hydrogen-bond donors (Lipinski definition) is 2. The number of halogens is 2. The van der Waals surface area contributed by atoms with Crippen molar-refractivity contribution in [3.8, 4) is 6.07 Å². The Bertz CT molecular complexity index is 1650. The Kier molecular flexibility index (Phi) is 9.51. The maximum atomic E-state index is 10.0. The van der Waals surface area contributed by atoms with Gasteiger partial charge in [-0.15, -0.1) is 5.10 Å². The first-order chi connectivity index (χ1) is 21.7. The minimum atomic E-state index is -0.301. The van der Waals surface area contributed by atoms with Crippen LogP contribution in [0, 0.1) is 11.3 Å². The Morgan fingerprint density at radius 2 is 1.69 bits per heavy atom. The van der Waals surface area contributed by atoms with E-state index in [1.165, 1.54) is 25.7 Å². The summed E-state index contributed by atoms with van der Waals surface area (Å²) < 4.78 is 2.03. The molecule has 1 aliphatic carbocycles. The van der Waals surface area contributed by atoms with Crippen molar-refractivity contribution in [1.29, 1.82) is 5.26 Å². The number of likely N-dealkylation sites (tertiary alicyclic amines) is 1. The quantitative estimate of drug-likeness (QED) is 0.194. The van der Waals surface area contributed by atoms with Crippen molar-refractivity contribution < 1.29 is 0 Å². The van der Waals surface area contributed by atoms with Crippen molar-refractivity contribution in [3.63, 3.8) is 0 Å².